The maximum Gasteiger partial charge on any atom is 0.413 e. The zero-order valence-corrected chi connectivity index (χ0v) is 27.9. The van der Waals surface area contributed by atoms with E-state index in [0.717, 1.165) is 10.5 Å². The highest BCUT2D eigenvalue weighted by molar-refractivity contribution is 5.89. The number of phenolic OH excluding ortho intramolecular Hbond substituents is 2. The van der Waals surface area contributed by atoms with Crippen LogP contribution in [0.4, 0.5) is 4.79 Å². The minimum absolute atomic E-state index is 0.00177. The predicted molar refractivity (Wildman–Crippen MR) is 174 cm³/mol. The molecule has 4 atom stereocenters. The number of amides is 2. The Kier molecular flexibility index (Phi) is 9.60. The van der Waals surface area contributed by atoms with Crippen molar-refractivity contribution >= 4 is 12.0 Å². The van der Waals surface area contributed by atoms with Crippen LogP contribution in [0.3, 0.4) is 0 Å². The Morgan fingerprint density at radius 2 is 1.60 bits per heavy atom. The van der Waals surface area contributed by atoms with Gasteiger partial charge in [-0.1, -0.05) is 42.5 Å². The molecule has 2 aliphatic heterocycles. The van der Waals surface area contributed by atoms with Gasteiger partial charge in [0.15, 0.2) is 29.2 Å². The fourth-order valence-electron chi connectivity index (χ4n) is 6.78. The quantitative estimate of drug-likeness (QED) is 0.311. The van der Waals surface area contributed by atoms with Gasteiger partial charge in [0.1, 0.15) is 11.6 Å². The van der Waals surface area contributed by atoms with Crippen LogP contribution in [0.2, 0.25) is 0 Å². The standard InChI is InChI=1S/C36H44N2O9/c1-20-13-23(16-28(39)31(20)44-6)15-25-33(41)37-26(34(42)38(25)35(43)47-36(3,4)5)17-24-14-21(2)32(45-7)30(40)29(24)27(37)19-46-18-22-11-9-8-10-12-22/h8-14,16,25-27,34,39-40,42H,15,17-19H2,1-7H3/t25-,26-,27-,34+/m0/s1. The second kappa shape index (κ2) is 13.3. The zero-order chi connectivity index (χ0) is 34.2. The van der Waals surface area contributed by atoms with E-state index in [1.165, 1.54) is 25.2 Å². The summed E-state index contributed by atoms with van der Waals surface area (Å²) in [6, 6.07) is 11.8. The van der Waals surface area contributed by atoms with Gasteiger partial charge in [-0.3, -0.25) is 9.69 Å². The number of benzene rings is 3. The summed E-state index contributed by atoms with van der Waals surface area (Å²) in [6.45, 7) is 8.97. The Hall–Kier alpha value is -4.48. The molecule has 5 rings (SSSR count). The molecule has 2 heterocycles. The lowest BCUT2D eigenvalue weighted by Crippen LogP contribution is -2.71. The van der Waals surface area contributed by atoms with Crippen LogP contribution in [0.5, 0.6) is 23.0 Å². The molecule has 1 fully saturated rings. The van der Waals surface area contributed by atoms with Gasteiger partial charge in [0, 0.05) is 12.0 Å². The van der Waals surface area contributed by atoms with E-state index in [0.29, 0.717) is 33.6 Å². The van der Waals surface area contributed by atoms with Gasteiger partial charge in [0.25, 0.3) is 0 Å². The fraction of sp³-hybridized carbons (Fsp3) is 0.444. The number of ether oxygens (including phenoxy) is 4. The number of carbonyl (C=O) groups excluding carboxylic acids is 2. The first-order chi connectivity index (χ1) is 22.2. The number of aromatic hydroxyl groups is 2. The highest BCUT2D eigenvalue weighted by Crippen LogP contribution is 2.48. The van der Waals surface area contributed by atoms with Gasteiger partial charge >= 0.3 is 6.09 Å². The molecule has 252 valence electrons. The molecule has 3 aromatic carbocycles. The first-order valence-corrected chi connectivity index (χ1v) is 15.6. The molecule has 2 amide bonds. The number of hydrogen-bond donors (Lipinski definition) is 3. The van der Waals surface area contributed by atoms with Crippen LogP contribution >= 0.6 is 0 Å². The molecule has 47 heavy (non-hydrogen) atoms. The topological polar surface area (TPSA) is 138 Å². The summed E-state index contributed by atoms with van der Waals surface area (Å²) < 4.78 is 22.7. The van der Waals surface area contributed by atoms with Crippen LogP contribution < -0.4 is 9.47 Å². The van der Waals surface area contributed by atoms with Crippen LogP contribution in [0, 0.1) is 13.8 Å². The van der Waals surface area contributed by atoms with Crippen LogP contribution in [0.15, 0.2) is 48.5 Å². The average molecular weight is 649 g/mol. The number of fused-ring (bicyclic) bond motifs is 2. The number of phenols is 2. The summed E-state index contributed by atoms with van der Waals surface area (Å²) in [5.41, 5.74) is 3.09. The third kappa shape index (κ3) is 6.68. The number of carbonyl (C=O) groups is 2. The Morgan fingerprint density at radius 3 is 2.21 bits per heavy atom. The second-order valence-electron chi connectivity index (χ2n) is 13.2. The third-order valence-electron chi connectivity index (χ3n) is 8.67. The van der Waals surface area contributed by atoms with Gasteiger partial charge in [-0.05, 0) is 74.9 Å². The average Bonchev–Trinajstić information content (AvgIpc) is 2.99. The Bertz CT molecular complexity index is 1610. The van der Waals surface area contributed by atoms with E-state index >= 15 is 0 Å². The molecule has 11 nitrogen and oxygen atoms in total. The molecule has 0 aliphatic carbocycles. The molecular weight excluding hydrogens is 604 g/mol. The van der Waals surface area contributed by atoms with Crippen molar-refractivity contribution in [1.29, 1.82) is 0 Å². The van der Waals surface area contributed by atoms with E-state index in [-0.39, 0.29) is 43.3 Å². The van der Waals surface area contributed by atoms with Crippen molar-refractivity contribution in [2.24, 2.45) is 0 Å². The molecule has 1 saturated heterocycles. The lowest BCUT2D eigenvalue weighted by Gasteiger charge is -2.53. The Balaban J connectivity index is 1.61. The Labute approximate surface area is 275 Å². The Morgan fingerprint density at radius 1 is 0.936 bits per heavy atom. The van der Waals surface area contributed by atoms with Crippen molar-refractivity contribution < 1.29 is 43.9 Å². The molecule has 11 heteroatoms. The van der Waals surface area contributed by atoms with Gasteiger partial charge in [-0.25, -0.2) is 4.79 Å². The number of nitrogens with zero attached hydrogens (tertiary/aromatic N) is 2. The molecule has 0 spiro atoms. The van der Waals surface area contributed by atoms with Crippen molar-refractivity contribution in [2.75, 3.05) is 20.8 Å². The molecule has 2 aliphatic rings. The van der Waals surface area contributed by atoms with E-state index in [9.17, 15) is 24.9 Å². The van der Waals surface area contributed by atoms with Gasteiger partial charge in [0.2, 0.25) is 5.91 Å². The minimum atomic E-state index is -1.46. The number of hydrogen-bond acceptors (Lipinski definition) is 9. The minimum Gasteiger partial charge on any atom is -0.504 e. The smallest absolute Gasteiger partial charge is 0.413 e. The van der Waals surface area contributed by atoms with Crippen molar-refractivity contribution in [3.63, 3.8) is 0 Å². The summed E-state index contributed by atoms with van der Waals surface area (Å²) in [5.74, 6) is -0.0814. The molecular formula is C36H44N2O9. The second-order valence-corrected chi connectivity index (χ2v) is 13.2. The van der Waals surface area contributed by atoms with Gasteiger partial charge in [-0.15, -0.1) is 0 Å². The van der Waals surface area contributed by atoms with Crippen molar-refractivity contribution in [2.45, 2.75) is 84.0 Å². The van der Waals surface area contributed by atoms with Crippen LogP contribution in [-0.4, -0.2) is 81.9 Å². The van der Waals surface area contributed by atoms with Gasteiger partial charge in [-0.2, -0.15) is 0 Å². The number of methoxy groups -OCH3 is 2. The maximum atomic E-state index is 14.8. The lowest BCUT2D eigenvalue weighted by atomic mass is 9.82. The monoisotopic (exact) mass is 648 g/mol. The lowest BCUT2D eigenvalue weighted by molar-refractivity contribution is -0.176. The SMILES string of the molecule is COc1c(C)cc(C[C@H]2C(=O)N3[C@@H](COCc4ccccc4)c4c(cc(C)c(OC)c4O)C[C@H]3[C@@H](O)N2C(=O)OC(C)(C)C)cc1O. The molecule has 0 aromatic heterocycles. The molecule has 0 unspecified atom stereocenters. The van der Waals surface area contributed by atoms with E-state index in [4.69, 9.17) is 18.9 Å². The molecule has 3 aromatic rings. The first-order valence-electron chi connectivity index (χ1n) is 15.6. The van der Waals surface area contributed by atoms with Crippen LogP contribution in [0.25, 0.3) is 0 Å². The van der Waals surface area contributed by atoms with Crippen molar-refractivity contribution in [1.82, 2.24) is 9.80 Å². The highest BCUT2D eigenvalue weighted by atomic mass is 16.6. The van der Waals surface area contributed by atoms with Crippen molar-refractivity contribution in [3.8, 4) is 23.0 Å². The fourth-order valence-corrected chi connectivity index (χ4v) is 6.78. The zero-order valence-electron chi connectivity index (χ0n) is 27.9. The maximum absolute atomic E-state index is 14.8. The number of aliphatic hydroxyl groups is 1. The molecule has 0 radical (unpaired) electrons. The highest BCUT2D eigenvalue weighted by Gasteiger charge is 2.54. The first kappa shape index (κ1) is 33.9. The van der Waals surface area contributed by atoms with Gasteiger partial charge in [0.05, 0.1) is 39.5 Å². The van der Waals surface area contributed by atoms with Gasteiger partial charge < -0.3 is 39.2 Å². The summed E-state index contributed by atoms with van der Waals surface area (Å²) in [5, 5.41) is 34.2. The summed E-state index contributed by atoms with van der Waals surface area (Å²) in [6.07, 6.45) is -2.18. The number of aliphatic hydroxyl groups excluding tert-OH is 1. The van der Waals surface area contributed by atoms with E-state index in [2.05, 4.69) is 0 Å². The molecule has 0 bridgehead atoms. The summed E-state index contributed by atoms with van der Waals surface area (Å²) >= 11 is 0. The number of rotatable bonds is 8. The van der Waals surface area contributed by atoms with E-state index in [1.54, 1.807) is 33.8 Å². The van der Waals surface area contributed by atoms with E-state index in [1.807, 2.05) is 43.3 Å². The number of aryl methyl sites for hydroxylation is 2. The number of piperazine rings is 1. The predicted octanol–water partition coefficient (Wildman–Crippen LogP) is 4.92. The van der Waals surface area contributed by atoms with Crippen LogP contribution in [0.1, 0.15) is 60.2 Å². The molecule has 3 N–H and O–H groups in total. The van der Waals surface area contributed by atoms with Crippen molar-refractivity contribution in [3.05, 3.63) is 81.9 Å². The molecule has 0 saturated carbocycles. The van der Waals surface area contributed by atoms with Crippen LogP contribution in [-0.2, 0) is 33.7 Å². The van der Waals surface area contributed by atoms with E-state index < -0.39 is 42.0 Å². The largest absolute Gasteiger partial charge is 0.504 e. The third-order valence-corrected chi connectivity index (χ3v) is 8.67. The summed E-state index contributed by atoms with van der Waals surface area (Å²) in [7, 11) is 2.92. The normalized spacial score (nSPS) is 20.8. The summed E-state index contributed by atoms with van der Waals surface area (Å²) in [4.78, 5) is 31.2.